The van der Waals surface area contributed by atoms with Crippen molar-refractivity contribution in [3.05, 3.63) is 83.9 Å². The topological polar surface area (TPSA) is 20.3 Å². The molecule has 0 heterocycles. The third kappa shape index (κ3) is 5.01. The number of rotatable bonds is 6. The number of nitrogens with zero attached hydrogens (tertiary/aromatic N) is 1. The highest BCUT2D eigenvalue weighted by Gasteiger charge is 2.27. The van der Waals surface area contributed by atoms with Gasteiger partial charge in [0, 0.05) is 13.0 Å². The average molecular weight is 374 g/mol. The Morgan fingerprint density at radius 3 is 2.25 bits per heavy atom. The molecule has 0 spiro atoms. The highest BCUT2D eigenvalue weighted by molar-refractivity contribution is 5.87. The third-order valence-electron chi connectivity index (χ3n) is 5.18. The van der Waals surface area contributed by atoms with E-state index in [0.717, 1.165) is 13.0 Å². The highest BCUT2D eigenvalue weighted by atomic mass is 16.2. The number of aryl methyl sites for hydroxylation is 1. The number of benzene rings is 3. The van der Waals surface area contributed by atoms with Gasteiger partial charge in [-0.2, -0.15) is 0 Å². The number of carbonyl (C=O) groups is 1. The summed E-state index contributed by atoms with van der Waals surface area (Å²) in [5.41, 5.74) is 2.47. The molecule has 0 fully saturated rings. The van der Waals surface area contributed by atoms with Gasteiger partial charge in [0.2, 0.25) is 5.91 Å². The SMILES string of the molecule is CC(c1cccc2ccccc12)N(CC(C)(C)C)C(=O)CCc1ccccc1. The number of hydrogen-bond acceptors (Lipinski definition) is 1. The van der Waals surface area contributed by atoms with Crippen LogP contribution < -0.4 is 0 Å². The molecule has 0 bridgehead atoms. The molecule has 1 amide bonds. The van der Waals surface area contributed by atoms with E-state index in [9.17, 15) is 4.79 Å². The zero-order chi connectivity index (χ0) is 20.1. The Labute approximate surface area is 169 Å². The second kappa shape index (κ2) is 8.60. The summed E-state index contributed by atoms with van der Waals surface area (Å²) in [6.07, 6.45) is 1.32. The molecule has 3 rings (SSSR count). The molecular weight excluding hydrogens is 342 g/mol. The first-order valence-corrected chi connectivity index (χ1v) is 10.2. The van der Waals surface area contributed by atoms with Crippen LogP contribution >= 0.6 is 0 Å². The Balaban J connectivity index is 1.87. The summed E-state index contributed by atoms with van der Waals surface area (Å²) in [5, 5.41) is 2.45. The van der Waals surface area contributed by atoms with Gasteiger partial charge in [-0.05, 0) is 40.7 Å². The van der Waals surface area contributed by atoms with Gasteiger partial charge >= 0.3 is 0 Å². The van der Waals surface area contributed by atoms with Crippen molar-refractivity contribution in [1.29, 1.82) is 0 Å². The smallest absolute Gasteiger partial charge is 0.223 e. The van der Waals surface area contributed by atoms with Crippen molar-refractivity contribution in [2.75, 3.05) is 6.54 Å². The molecule has 3 aromatic carbocycles. The Kier molecular flexibility index (Phi) is 6.18. The zero-order valence-electron chi connectivity index (χ0n) is 17.5. The van der Waals surface area contributed by atoms with E-state index in [2.05, 4.69) is 87.2 Å². The van der Waals surface area contributed by atoms with Crippen LogP contribution in [0.5, 0.6) is 0 Å². The number of carbonyl (C=O) groups excluding carboxylic acids is 1. The van der Waals surface area contributed by atoms with Gasteiger partial charge in [-0.25, -0.2) is 0 Å². The monoisotopic (exact) mass is 373 g/mol. The summed E-state index contributed by atoms with van der Waals surface area (Å²) in [4.78, 5) is 15.3. The molecule has 0 radical (unpaired) electrons. The average Bonchev–Trinajstić information content (AvgIpc) is 2.69. The molecule has 0 aromatic heterocycles. The highest BCUT2D eigenvalue weighted by Crippen LogP contribution is 2.31. The second-order valence-corrected chi connectivity index (χ2v) is 8.81. The van der Waals surface area contributed by atoms with Crippen molar-refractivity contribution in [2.24, 2.45) is 5.41 Å². The molecule has 0 aliphatic rings. The third-order valence-corrected chi connectivity index (χ3v) is 5.18. The minimum absolute atomic E-state index is 0.0357. The Hall–Kier alpha value is -2.61. The fourth-order valence-electron chi connectivity index (χ4n) is 3.77. The maximum atomic E-state index is 13.3. The molecule has 146 valence electrons. The lowest BCUT2D eigenvalue weighted by molar-refractivity contribution is -0.134. The quantitative estimate of drug-likeness (QED) is 0.489. The first-order chi connectivity index (χ1) is 13.3. The molecule has 3 aromatic rings. The van der Waals surface area contributed by atoms with Crippen LogP contribution in [0.4, 0.5) is 0 Å². The van der Waals surface area contributed by atoms with E-state index in [0.29, 0.717) is 6.42 Å². The summed E-state index contributed by atoms with van der Waals surface area (Å²) >= 11 is 0. The Morgan fingerprint density at radius 1 is 0.893 bits per heavy atom. The van der Waals surface area contributed by atoms with Gasteiger partial charge in [-0.15, -0.1) is 0 Å². The Morgan fingerprint density at radius 2 is 1.54 bits per heavy atom. The van der Waals surface area contributed by atoms with Crippen molar-refractivity contribution in [1.82, 2.24) is 4.90 Å². The van der Waals surface area contributed by atoms with E-state index in [-0.39, 0.29) is 17.4 Å². The van der Waals surface area contributed by atoms with Gasteiger partial charge < -0.3 is 4.90 Å². The normalized spacial score (nSPS) is 12.7. The summed E-state index contributed by atoms with van der Waals surface area (Å²) in [5.74, 6) is 0.221. The molecule has 1 unspecified atom stereocenters. The number of amides is 1. The van der Waals surface area contributed by atoms with E-state index in [1.165, 1.54) is 21.9 Å². The standard InChI is InChI=1S/C26H31NO/c1-20(23-16-10-14-22-13-8-9-15-24(22)23)27(19-26(2,3)4)25(28)18-17-21-11-6-5-7-12-21/h5-16,20H,17-19H2,1-4H3. The van der Waals surface area contributed by atoms with E-state index in [4.69, 9.17) is 0 Å². The van der Waals surface area contributed by atoms with Crippen LogP contribution in [-0.4, -0.2) is 17.4 Å². The minimum Gasteiger partial charge on any atom is -0.335 e. The van der Waals surface area contributed by atoms with E-state index >= 15 is 0 Å². The summed E-state index contributed by atoms with van der Waals surface area (Å²) in [7, 11) is 0. The molecule has 2 nitrogen and oxygen atoms in total. The first kappa shape index (κ1) is 20.1. The number of hydrogen-bond donors (Lipinski definition) is 0. The summed E-state index contributed by atoms with van der Waals surface area (Å²) < 4.78 is 0. The van der Waals surface area contributed by atoms with Crippen molar-refractivity contribution in [3.63, 3.8) is 0 Å². The predicted octanol–water partition coefficient (Wildman–Crippen LogP) is 6.41. The largest absolute Gasteiger partial charge is 0.335 e. The lowest BCUT2D eigenvalue weighted by Gasteiger charge is -2.35. The van der Waals surface area contributed by atoms with E-state index in [1.54, 1.807) is 0 Å². The van der Waals surface area contributed by atoms with Gasteiger partial charge in [-0.1, -0.05) is 93.6 Å². The van der Waals surface area contributed by atoms with Crippen LogP contribution in [0, 0.1) is 5.41 Å². The van der Waals surface area contributed by atoms with Crippen molar-refractivity contribution in [2.45, 2.75) is 46.6 Å². The molecule has 0 N–H and O–H groups in total. The van der Waals surface area contributed by atoms with Crippen LogP contribution in [0.2, 0.25) is 0 Å². The minimum atomic E-state index is 0.0357. The number of fused-ring (bicyclic) bond motifs is 1. The molecular formula is C26H31NO. The molecule has 1 atom stereocenters. The Bertz CT molecular complexity index is 919. The van der Waals surface area contributed by atoms with Gasteiger partial charge in [0.15, 0.2) is 0 Å². The molecule has 0 aliphatic carbocycles. The lowest BCUT2D eigenvalue weighted by atomic mass is 9.92. The summed E-state index contributed by atoms with van der Waals surface area (Å²) in [6.45, 7) is 9.49. The summed E-state index contributed by atoms with van der Waals surface area (Å²) in [6, 6.07) is 25.1. The molecule has 0 aliphatic heterocycles. The fraction of sp³-hybridized carbons (Fsp3) is 0.346. The van der Waals surface area contributed by atoms with Gasteiger partial charge in [0.1, 0.15) is 0 Å². The first-order valence-electron chi connectivity index (χ1n) is 10.2. The molecule has 28 heavy (non-hydrogen) atoms. The predicted molar refractivity (Wildman–Crippen MR) is 118 cm³/mol. The van der Waals surface area contributed by atoms with Crippen molar-refractivity contribution >= 4 is 16.7 Å². The maximum Gasteiger partial charge on any atom is 0.223 e. The molecule has 2 heteroatoms. The van der Waals surface area contributed by atoms with Gasteiger partial charge in [-0.3, -0.25) is 4.79 Å². The second-order valence-electron chi connectivity index (χ2n) is 8.81. The lowest BCUT2D eigenvalue weighted by Crippen LogP contribution is -2.39. The van der Waals surface area contributed by atoms with Gasteiger partial charge in [0.25, 0.3) is 0 Å². The van der Waals surface area contributed by atoms with Crippen LogP contribution in [0.3, 0.4) is 0 Å². The van der Waals surface area contributed by atoms with Gasteiger partial charge in [0.05, 0.1) is 6.04 Å². The zero-order valence-corrected chi connectivity index (χ0v) is 17.5. The van der Waals surface area contributed by atoms with E-state index < -0.39 is 0 Å². The molecule has 0 saturated heterocycles. The van der Waals surface area contributed by atoms with Crippen LogP contribution in [0.15, 0.2) is 72.8 Å². The van der Waals surface area contributed by atoms with Crippen LogP contribution in [-0.2, 0) is 11.2 Å². The maximum absolute atomic E-state index is 13.3. The van der Waals surface area contributed by atoms with Crippen LogP contribution in [0.25, 0.3) is 10.8 Å². The van der Waals surface area contributed by atoms with Crippen molar-refractivity contribution < 1.29 is 4.79 Å². The fourth-order valence-corrected chi connectivity index (χ4v) is 3.77. The van der Waals surface area contributed by atoms with Crippen LogP contribution in [0.1, 0.15) is 51.3 Å². The van der Waals surface area contributed by atoms with Crippen molar-refractivity contribution in [3.8, 4) is 0 Å². The van der Waals surface area contributed by atoms with E-state index in [1.807, 2.05) is 18.2 Å². The molecule has 0 saturated carbocycles.